The van der Waals surface area contributed by atoms with Crippen LogP contribution in [0.1, 0.15) is 11.1 Å². The van der Waals surface area contributed by atoms with Gasteiger partial charge in [0, 0.05) is 11.1 Å². The number of fused-ring (bicyclic) bond motifs is 1. The van der Waals surface area contributed by atoms with Crippen LogP contribution in [0.3, 0.4) is 0 Å². The van der Waals surface area contributed by atoms with Crippen LogP contribution in [0.5, 0.6) is 0 Å². The largest absolute Gasteiger partial charge is 0.350 e. The van der Waals surface area contributed by atoms with Gasteiger partial charge in [-0.3, -0.25) is 9.88 Å². The Morgan fingerprint density at radius 1 is 0.897 bits per heavy atom. The van der Waals surface area contributed by atoms with Crippen molar-refractivity contribution in [2.24, 2.45) is 0 Å². The average Bonchev–Trinajstić information content (AvgIpc) is 2.73. The molecule has 0 saturated carbocycles. The fraction of sp³-hybridized carbons (Fsp3) is 0.0870. The molecule has 0 aliphatic heterocycles. The number of nitrogens with zero attached hydrogens (tertiary/aromatic N) is 2. The van der Waals surface area contributed by atoms with Crippen molar-refractivity contribution >= 4 is 28.4 Å². The number of benzene rings is 3. The predicted molar refractivity (Wildman–Crippen MR) is 115 cm³/mol. The van der Waals surface area contributed by atoms with E-state index in [4.69, 9.17) is 0 Å². The van der Waals surface area contributed by atoms with Gasteiger partial charge in [0.1, 0.15) is 5.82 Å². The molecule has 1 aromatic heterocycles. The Labute approximate surface area is 167 Å². The van der Waals surface area contributed by atoms with E-state index in [1.54, 1.807) is 6.07 Å². The van der Waals surface area contributed by atoms with Crippen LogP contribution in [-0.4, -0.2) is 15.6 Å². The minimum Gasteiger partial charge on any atom is -0.308 e. The molecule has 0 aliphatic carbocycles. The van der Waals surface area contributed by atoms with Crippen molar-refractivity contribution in [3.05, 3.63) is 100 Å². The third-order valence-corrected chi connectivity index (χ3v) is 4.60. The van der Waals surface area contributed by atoms with Crippen LogP contribution in [0, 0.1) is 6.92 Å². The molecule has 2 amide bonds. The number of rotatable bonds is 4. The van der Waals surface area contributed by atoms with Crippen LogP contribution in [-0.2, 0) is 6.54 Å². The molecule has 0 atom stereocenters. The first kappa shape index (κ1) is 18.4. The van der Waals surface area contributed by atoms with Gasteiger partial charge in [-0.25, -0.2) is 9.59 Å². The van der Waals surface area contributed by atoms with Crippen LogP contribution in [0.15, 0.2) is 83.7 Å². The molecule has 0 saturated heterocycles. The Kier molecular flexibility index (Phi) is 5.07. The lowest BCUT2D eigenvalue weighted by molar-refractivity contribution is 0.262. The maximum absolute atomic E-state index is 12.7. The number of carbonyl (C=O) groups excluding carboxylic acids is 1. The smallest absolute Gasteiger partial charge is 0.308 e. The zero-order valence-corrected chi connectivity index (χ0v) is 15.9. The molecule has 4 rings (SSSR count). The molecule has 0 fully saturated rings. The highest BCUT2D eigenvalue weighted by molar-refractivity contribution is 6.04. The topological polar surface area (TPSA) is 76.0 Å². The molecule has 2 N–H and O–H groups in total. The molecule has 4 aromatic rings. The maximum Gasteiger partial charge on any atom is 0.350 e. The number of anilines is 2. The summed E-state index contributed by atoms with van der Waals surface area (Å²) in [5.74, 6) is 0.411. The Morgan fingerprint density at radius 3 is 2.34 bits per heavy atom. The number of hydrogen-bond acceptors (Lipinski definition) is 3. The van der Waals surface area contributed by atoms with Crippen LogP contribution in [0.2, 0.25) is 0 Å². The monoisotopic (exact) mass is 384 g/mol. The quantitative estimate of drug-likeness (QED) is 0.548. The normalized spacial score (nSPS) is 10.7. The number of aryl methyl sites for hydroxylation is 1. The summed E-state index contributed by atoms with van der Waals surface area (Å²) in [5, 5.41) is 6.35. The lowest BCUT2D eigenvalue weighted by atomic mass is 10.2. The number of nitrogens with one attached hydrogen (secondary N) is 2. The molecular weight excluding hydrogens is 364 g/mol. The van der Waals surface area contributed by atoms with Crippen LogP contribution in [0.4, 0.5) is 16.3 Å². The minimum atomic E-state index is -0.425. The van der Waals surface area contributed by atoms with Gasteiger partial charge < -0.3 is 5.32 Å². The van der Waals surface area contributed by atoms with Gasteiger partial charge in [-0.2, -0.15) is 4.98 Å². The first-order valence-electron chi connectivity index (χ1n) is 9.28. The second kappa shape index (κ2) is 7.98. The Bertz CT molecular complexity index is 1220. The van der Waals surface area contributed by atoms with Gasteiger partial charge >= 0.3 is 11.7 Å². The Morgan fingerprint density at radius 2 is 1.59 bits per heavy atom. The Balaban J connectivity index is 1.72. The van der Waals surface area contributed by atoms with Gasteiger partial charge in [0.15, 0.2) is 0 Å². The summed E-state index contributed by atoms with van der Waals surface area (Å²) in [4.78, 5) is 29.6. The number of hydrogen-bond donors (Lipinski definition) is 2. The summed E-state index contributed by atoms with van der Waals surface area (Å²) >= 11 is 0. The lowest BCUT2D eigenvalue weighted by Gasteiger charge is -2.16. The molecule has 0 radical (unpaired) electrons. The highest BCUT2D eigenvalue weighted by Crippen LogP contribution is 2.21. The summed E-state index contributed by atoms with van der Waals surface area (Å²) in [6, 6.07) is 23.9. The molecule has 0 bridgehead atoms. The highest BCUT2D eigenvalue weighted by Gasteiger charge is 2.14. The first-order chi connectivity index (χ1) is 14.1. The van der Waals surface area contributed by atoms with Gasteiger partial charge in [-0.05, 0) is 36.8 Å². The van der Waals surface area contributed by atoms with Gasteiger partial charge in [0.05, 0.1) is 12.1 Å². The third-order valence-electron chi connectivity index (χ3n) is 4.60. The van der Waals surface area contributed by atoms with Crippen molar-refractivity contribution in [1.82, 2.24) is 9.55 Å². The van der Waals surface area contributed by atoms with E-state index in [0.29, 0.717) is 29.0 Å². The second-order valence-corrected chi connectivity index (χ2v) is 6.78. The van der Waals surface area contributed by atoms with E-state index in [-0.39, 0.29) is 0 Å². The number of urea groups is 1. The van der Waals surface area contributed by atoms with Crippen LogP contribution < -0.4 is 16.3 Å². The van der Waals surface area contributed by atoms with E-state index in [1.807, 2.05) is 79.7 Å². The maximum atomic E-state index is 12.7. The van der Waals surface area contributed by atoms with Crippen molar-refractivity contribution in [2.45, 2.75) is 13.5 Å². The summed E-state index contributed by atoms with van der Waals surface area (Å²) in [6.45, 7) is 2.28. The standard InChI is InChI=1S/C23H20N4O2/c1-16-11-13-18(14-12-16)24-22(28)26-21-19-9-5-6-10-20(19)25-23(29)27(21)15-17-7-3-2-4-8-17/h2-14H,15H2,1H3,(H2,24,26,28). The van der Waals surface area contributed by atoms with Crippen molar-refractivity contribution < 1.29 is 4.79 Å². The second-order valence-electron chi connectivity index (χ2n) is 6.78. The van der Waals surface area contributed by atoms with Crippen molar-refractivity contribution in [3.8, 4) is 0 Å². The first-order valence-corrected chi connectivity index (χ1v) is 9.28. The van der Waals surface area contributed by atoms with Gasteiger partial charge in [0.2, 0.25) is 0 Å². The minimum absolute atomic E-state index is 0.303. The molecule has 144 valence electrons. The summed E-state index contributed by atoms with van der Waals surface area (Å²) in [6.07, 6.45) is 0. The number of carbonyl (C=O) groups is 1. The fourth-order valence-corrected chi connectivity index (χ4v) is 3.13. The van der Waals surface area contributed by atoms with Crippen molar-refractivity contribution in [3.63, 3.8) is 0 Å². The van der Waals surface area contributed by atoms with E-state index in [1.165, 1.54) is 4.57 Å². The molecule has 29 heavy (non-hydrogen) atoms. The molecule has 0 aliphatic rings. The zero-order chi connectivity index (χ0) is 20.2. The molecule has 3 aromatic carbocycles. The lowest BCUT2D eigenvalue weighted by Crippen LogP contribution is -2.30. The molecular formula is C23H20N4O2. The summed E-state index contributed by atoms with van der Waals surface area (Å²) in [5.41, 5.74) is 2.83. The van der Waals surface area contributed by atoms with Gasteiger partial charge in [0.25, 0.3) is 0 Å². The summed E-state index contributed by atoms with van der Waals surface area (Å²) in [7, 11) is 0. The van der Waals surface area contributed by atoms with Crippen molar-refractivity contribution in [1.29, 1.82) is 0 Å². The zero-order valence-electron chi connectivity index (χ0n) is 15.9. The number of aromatic nitrogens is 2. The Hall–Kier alpha value is -3.93. The molecule has 6 nitrogen and oxygen atoms in total. The van der Waals surface area contributed by atoms with Crippen molar-refractivity contribution in [2.75, 3.05) is 10.6 Å². The summed E-state index contributed by atoms with van der Waals surface area (Å²) < 4.78 is 1.48. The number of para-hydroxylation sites is 1. The average molecular weight is 384 g/mol. The van der Waals surface area contributed by atoms with E-state index >= 15 is 0 Å². The predicted octanol–water partition coefficient (Wildman–Crippen LogP) is 4.40. The van der Waals surface area contributed by atoms with Gasteiger partial charge in [-0.15, -0.1) is 0 Å². The van der Waals surface area contributed by atoms with Gasteiger partial charge in [-0.1, -0.05) is 60.2 Å². The van der Waals surface area contributed by atoms with E-state index in [2.05, 4.69) is 15.6 Å². The van der Waals surface area contributed by atoms with Crippen LogP contribution >= 0.6 is 0 Å². The molecule has 1 heterocycles. The van der Waals surface area contributed by atoms with E-state index in [9.17, 15) is 9.59 Å². The highest BCUT2D eigenvalue weighted by atomic mass is 16.2. The SMILES string of the molecule is Cc1ccc(NC(=O)Nc2c3ccccc3nc(=O)n2Cc2ccccc2)cc1. The van der Waals surface area contributed by atoms with Crippen LogP contribution in [0.25, 0.3) is 10.9 Å². The molecule has 0 spiro atoms. The molecule has 6 heteroatoms. The third kappa shape index (κ3) is 4.16. The van der Waals surface area contributed by atoms with E-state index in [0.717, 1.165) is 11.1 Å². The molecule has 0 unspecified atom stereocenters. The fourth-order valence-electron chi connectivity index (χ4n) is 3.13. The van der Waals surface area contributed by atoms with E-state index < -0.39 is 11.7 Å². The number of amides is 2.